The number of hydrogen-bond acceptors (Lipinski definition) is 4. The number of nitrogens with zero attached hydrogens (tertiary/aromatic N) is 1. The van der Waals surface area contributed by atoms with Crippen LogP contribution in [0.5, 0.6) is 5.75 Å². The second kappa shape index (κ2) is 4.95. The molecule has 0 aliphatic rings. The molecule has 2 aromatic rings. The molecule has 0 saturated carbocycles. The maximum Gasteiger partial charge on any atom is 0.133 e. The molecule has 0 atom stereocenters. The van der Waals surface area contributed by atoms with Crippen molar-refractivity contribution in [3.63, 3.8) is 0 Å². The molecule has 2 rings (SSSR count). The van der Waals surface area contributed by atoms with E-state index in [1.54, 1.807) is 7.11 Å². The Kier molecular flexibility index (Phi) is 3.58. The second-order valence-electron chi connectivity index (χ2n) is 3.13. The van der Waals surface area contributed by atoms with Gasteiger partial charge in [-0.15, -0.1) is 11.3 Å². The van der Waals surface area contributed by atoms with Crippen LogP contribution in [0.1, 0.15) is 5.01 Å². The van der Waals surface area contributed by atoms with Crippen LogP contribution in [-0.2, 0) is 6.61 Å². The Morgan fingerprint density at radius 2 is 2.31 bits per heavy atom. The molecule has 1 aromatic carbocycles. The summed E-state index contributed by atoms with van der Waals surface area (Å²) in [5.74, 6) is 0.793. The highest BCUT2D eigenvalue weighted by molar-refractivity contribution is 9.10. The van der Waals surface area contributed by atoms with Crippen LogP contribution in [0, 0.1) is 0 Å². The van der Waals surface area contributed by atoms with Gasteiger partial charge in [0.15, 0.2) is 0 Å². The second-order valence-corrected chi connectivity index (χ2v) is 4.93. The normalized spacial score (nSPS) is 10.4. The van der Waals surface area contributed by atoms with E-state index in [-0.39, 0.29) is 6.61 Å². The highest BCUT2D eigenvalue weighted by Gasteiger charge is 2.06. The molecule has 0 fully saturated rings. The molecule has 0 bridgehead atoms. The van der Waals surface area contributed by atoms with E-state index in [0.29, 0.717) is 0 Å². The molecule has 3 nitrogen and oxygen atoms in total. The van der Waals surface area contributed by atoms with Crippen LogP contribution in [-0.4, -0.2) is 17.2 Å². The van der Waals surface area contributed by atoms with Gasteiger partial charge in [-0.25, -0.2) is 4.98 Å². The lowest BCUT2D eigenvalue weighted by Crippen LogP contribution is -1.86. The van der Waals surface area contributed by atoms with Crippen LogP contribution in [0.2, 0.25) is 0 Å². The van der Waals surface area contributed by atoms with Gasteiger partial charge in [-0.3, -0.25) is 0 Å². The van der Waals surface area contributed by atoms with Crippen molar-refractivity contribution in [3.05, 3.63) is 33.1 Å². The number of ether oxygens (including phenoxy) is 1. The third kappa shape index (κ3) is 2.26. The third-order valence-electron chi connectivity index (χ3n) is 2.13. The highest BCUT2D eigenvalue weighted by atomic mass is 79.9. The number of aromatic nitrogens is 1. The molecule has 1 aromatic heterocycles. The molecule has 0 aliphatic carbocycles. The van der Waals surface area contributed by atoms with Gasteiger partial charge in [-0.05, 0) is 34.1 Å². The van der Waals surface area contributed by atoms with E-state index in [4.69, 9.17) is 9.84 Å². The summed E-state index contributed by atoms with van der Waals surface area (Å²) in [5, 5.41) is 11.6. The van der Waals surface area contributed by atoms with Crippen molar-refractivity contribution < 1.29 is 9.84 Å². The number of halogens is 1. The first-order valence-electron chi connectivity index (χ1n) is 4.63. The van der Waals surface area contributed by atoms with Crippen LogP contribution in [0.4, 0.5) is 0 Å². The number of aliphatic hydroxyl groups is 1. The van der Waals surface area contributed by atoms with Crippen molar-refractivity contribution in [3.8, 4) is 17.0 Å². The predicted octanol–water partition coefficient (Wildman–Crippen LogP) is 3.07. The third-order valence-corrected chi connectivity index (χ3v) is 3.59. The summed E-state index contributed by atoms with van der Waals surface area (Å²) < 4.78 is 6.05. The Morgan fingerprint density at radius 3 is 2.88 bits per heavy atom. The van der Waals surface area contributed by atoms with Gasteiger partial charge in [0.05, 0.1) is 23.9 Å². The average molecular weight is 300 g/mol. The van der Waals surface area contributed by atoms with Crippen molar-refractivity contribution in [2.45, 2.75) is 6.61 Å². The zero-order chi connectivity index (χ0) is 11.5. The van der Waals surface area contributed by atoms with Crippen LogP contribution in [0.15, 0.2) is 28.1 Å². The molecule has 84 valence electrons. The fourth-order valence-electron chi connectivity index (χ4n) is 1.34. The van der Waals surface area contributed by atoms with Crippen LogP contribution in [0.25, 0.3) is 11.3 Å². The first-order chi connectivity index (χ1) is 7.74. The Hall–Kier alpha value is -0.910. The maximum absolute atomic E-state index is 8.95. The summed E-state index contributed by atoms with van der Waals surface area (Å²) in [6, 6.07) is 5.78. The van der Waals surface area contributed by atoms with E-state index >= 15 is 0 Å². The van der Waals surface area contributed by atoms with Gasteiger partial charge in [-0.1, -0.05) is 0 Å². The Morgan fingerprint density at radius 1 is 1.50 bits per heavy atom. The van der Waals surface area contributed by atoms with Gasteiger partial charge in [0, 0.05) is 10.9 Å². The van der Waals surface area contributed by atoms with E-state index in [9.17, 15) is 0 Å². The van der Waals surface area contributed by atoms with Gasteiger partial charge in [0.1, 0.15) is 10.8 Å². The number of benzene rings is 1. The van der Waals surface area contributed by atoms with Crippen molar-refractivity contribution >= 4 is 27.3 Å². The molecule has 0 aliphatic heterocycles. The summed E-state index contributed by atoms with van der Waals surface area (Å²) in [5.41, 5.74) is 1.88. The Balaban J connectivity index is 2.37. The largest absolute Gasteiger partial charge is 0.496 e. The number of rotatable bonds is 3. The summed E-state index contributed by atoms with van der Waals surface area (Å²) >= 11 is 4.88. The number of methoxy groups -OCH3 is 1. The maximum atomic E-state index is 8.95. The smallest absolute Gasteiger partial charge is 0.133 e. The van der Waals surface area contributed by atoms with Gasteiger partial charge < -0.3 is 9.84 Å². The molecule has 0 radical (unpaired) electrons. The molecule has 0 amide bonds. The van der Waals surface area contributed by atoms with E-state index in [1.807, 2.05) is 23.6 Å². The predicted molar refractivity (Wildman–Crippen MR) is 67.7 cm³/mol. The number of thiazole rings is 1. The standard InChI is InChI=1S/C11H10BrNO2S/c1-15-10-3-2-7(4-8(10)12)9-6-16-11(5-14)13-9/h2-4,6,14H,5H2,1H3. The van der Waals surface area contributed by atoms with Gasteiger partial charge in [-0.2, -0.15) is 0 Å². The summed E-state index contributed by atoms with van der Waals surface area (Å²) in [7, 11) is 1.63. The van der Waals surface area contributed by atoms with E-state index < -0.39 is 0 Å². The molecule has 0 saturated heterocycles. The van der Waals surface area contributed by atoms with Crippen molar-refractivity contribution in [1.29, 1.82) is 0 Å². The zero-order valence-electron chi connectivity index (χ0n) is 8.61. The monoisotopic (exact) mass is 299 g/mol. The van der Waals surface area contributed by atoms with Crippen molar-refractivity contribution in [1.82, 2.24) is 4.98 Å². The van der Waals surface area contributed by atoms with Crippen LogP contribution >= 0.6 is 27.3 Å². The molecule has 1 N–H and O–H groups in total. The Labute approximate surface area is 106 Å². The van der Waals surface area contributed by atoms with E-state index in [1.165, 1.54) is 11.3 Å². The molecule has 5 heteroatoms. The summed E-state index contributed by atoms with van der Waals surface area (Å²) in [6.07, 6.45) is 0. The van der Waals surface area contributed by atoms with Crippen LogP contribution < -0.4 is 4.74 Å². The van der Waals surface area contributed by atoms with Crippen LogP contribution in [0.3, 0.4) is 0 Å². The first-order valence-corrected chi connectivity index (χ1v) is 6.31. The minimum atomic E-state index is -0.0119. The topological polar surface area (TPSA) is 42.4 Å². The first kappa shape index (κ1) is 11.6. The highest BCUT2D eigenvalue weighted by Crippen LogP contribution is 2.30. The Bertz CT molecular complexity index is 498. The van der Waals surface area contributed by atoms with Gasteiger partial charge in [0.25, 0.3) is 0 Å². The minimum Gasteiger partial charge on any atom is -0.496 e. The van der Waals surface area contributed by atoms with E-state index in [2.05, 4.69) is 20.9 Å². The van der Waals surface area contributed by atoms with Gasteiger partial charge in [0.2, 0.25) is 0 Å². The fourth-order valence-corrected chi connectivity index (χ4v) is 2.54. The molecular formula is C11H10BrNO2S. The molecule has 16 heavy (non-hydrogen) atoms. The summed E-state index contributed by atoms with van der Waals surface area (Å²) in [6.45, 7) is -0.0119. The number of hydrogen-bond donors (Lipinski definition) is 1. The minimum absolute atomic E-state index is 0.0119. The van der Waals surface area contributed by atoms with Crippen molar-refractivity contribution in [2.24, 2.45) is 0 Å². The van der Waals surface area contributed by atoms with Crippen molar-refractivity contribution in [2.75, 3.05) is 7.11 Å². The van der Waals surface area contributed by atoms with Gasteiger partial charge >= 0.3 is 0 Å². The lowest BCUT2D eigenvalue weighted by atomic mass is 10.2. The number of aliphatic hydroxyl groups excluding tert-OH is 1. The molecular weight excluding hydrogens is 290 g/mol. The molecule has 0 unspecified atom stereocenters. The molecule has 0 spiro atoms. The lowest BCUT2D eigenvalue weighted by Gasteiger charge is -2.04. The summed E-state index contributed by atoms with van der Waals surface area (Å²) in [4.78, 5) is 4.30. The SMILES string of the molecule is COc1ccc(-c2csc(CO)n2)cc1Br. The molecule has 1 heterocycles. The fraction of sp³-hybridized carbons (Fsp3) is 0.182. The quantitative estimate of drug-likeness (QED) is 0.947. The zero-order valence-corrected chi connectivity index (χ0v) is 11.0. The van der Waals surface area contributed by atoms with E-state index in [0.717, 1.165) is 26.5 Å². The lowest BCUT2D eigenvalue weighted by molar-refractivity contribution is 0.281. The average Bonchev–Trinajstić information content (AvgIpc) is 2.77.